The molecule has 2 heterocycles. The van der Waals surface area contributed by atoms with E-state index in [0.29, 0.717) is 0 Å². The molecule has 2 rings (SSSR count). The van der Waals surface area contributed by atoms with E-state index in [1.165, 1.54) is 0 Å². The van der Waals surface area contributed by atoms with Gasteiger partial charge < -0.3 is 5.32 Å². The number of nitrogens with one attached hydrogen (secondary N) is 1. The van der Waals surface area contributed by atoms with Crippen molar-refractivity contribution in [3.63, 3.8) is 0 Å². The van der Waals surface area contributed by atoms with Crippen LogP contribution in [-0.4, -0.2) is 44.2 Å². The summed E-state index contributed by atoms with van der Waals surface area (Å²) in [5.41, 5.74) is 0.236. The average Bonchev–Trinajstić information content (AvgIpc) is 2.85. The van der Waals surface area contributed by atoms with Crippen LogP contribution < -0.4 is 5.32 Å². The van der Waals surface area contributed by atoms with Crippen molar-refractivity contribution in [1.82, 2.24) is 9.62 Å². The van der Waals surface area contributed by atoms with Crippen LogP contribution in [0, 0.1) is 5.41 Å². The van der Waals surface area contributed by atoms with E-state index in [-0.39, 0.29) is 10.7 Å². The lowest BCUT2D eigenvalue weighted by molar-refractivity contribution is 0.278. The van der Waals surface area contributed by atoms with Gasteiger partial charge in [-0.1, -0.05) is 13.8 Å². The highest BCUT2D eigenvalue weighted by Crippen LogP contribution is 2.39. The fraction of sp³-hybridized carbons (Fsp3) is 1.00. The highest BCUT2D eigenvalue weighted by molar-refractivity contribution is 7.89. The fourth-order valence-electron chi connectivity index (χ4n) is 3.24. The Kier molecular flexibility index (Phi) is 4.34. The van der Waals surface area contributed by atoms with Crippen molar-refractivity contribution in [2.45, 2.75) is 51.2 Å². The van der Waals surface area contributed by atoms with Crippen LogP contribution in [0.4, 0.5) is 0 Å². The molecule has 0 aromatic rings. The summed E-state index contributed by atoms with van der Waals surface area (Å²) in [6.07, 6.45) is 4.74. The molecule has 0 spiro atoms. The van der Waals surface area contributed by atoms with E-state index >= 15 is 0 Å². The summed E-state index contributed by atoms with van der Waals surface area (Å²) in [7, 11) is -3.06. The van der Waals surface area contributed by atoms with Crippen molar-refractivity contribution in [3.05, 3.63) is 0 Å². The predicted molar refractivity (Wildman–Crippen MR) is 74.0 cm³/mol. The monoisotopic (exact) mass is 274 g/mol. The third-order valence-electron chi connectivity index (χ3n) is 4.97. The molecule has 2 aliphatic heterocycles. The second-order valence-corrected chi connectivity index (χ2v) is 8.00. The molecule has 0 aliphatic carbocycles. The zero-order chi connectivity index (χ0) is 13.2. The predicted octanol–water partition coefficient (Wildman–Crippen LogP) is 1.58. The van der Waals surface area contributed by atoms with Gasteiger partial charge in [0.2, 0.25) is 10.0 Å². The number of rotatable bonds is 4. The molecule has 2 saturated heterocycles. The van der Waals surface area contributed by atoms with E-state index in [9.17, 15) is 8.42 Å². The SMILES string of the molecule is CCC1(CC)CCN(S(=O)(=O)C2CCNCC2)C1. The molecular formula is C13H26N2O2S. The van der Waals surface area contributed by atoms with Crippen molar-refractivity contribution in [3.8, 4) is 0 Å². The molecule has 2 aliphatic rings. The van der Waals surface area contributed by atoms with Crippen molar-refractivity contribution in [2.75, 3.05) is 26.2 Å². The van der Waals surface area contributed by atoms with Gasteiger partial charge in [0, 0.05) is 13.1 Å². The first kappa shape index (κ1) is 14.3. The van der Waals surface area contributed by atoms with Crippen LogP contribution in [0.1, 0.15) is 46.0 Å². The van der Waals surface area contributed by atoms with E-state index in [1.54, 1.807) is 4.31 Å². The van der Waals surface area contributed by atoms with Crippen LogP contribution in [0.15, 0.2) is 0 Å². The molecule has 2 fully saturated rings. The molecule has 18 heavy (non-hydrogen) atoms. The number of nitrogens with zero attached hydrogens (tertiary/aromatic N) is 1. The van der Waals surface area contributed by atoms with Crippen molar-refractivity contribution in [2.24, 2.45) is 5.41 Å². The van der Waals surface area contributed by atoms with Gasteiger partial charge in [-0.05, 0) is 50.6 Å². The normalized spacial score (nSPS) is 26.6. The Morgan fingerprint density at radius 3 is 2.33 bits per heavy atom. The lowest BCUT2D eigenvalue weighted by Crippen LogP contribution is -2.43. The molecule has 0 bridgehead atoms. The van der Waals surface area contributed by atoms with Crippen LogP contribution in [0.2, 0.25) is 0 Å². The van der Waals surface area contributed by atoms with Gasteiger partial charge in [-0.3, -0.25) is 0 Å². The van der Waals surface area contributed by atoms with Crippen molar-refractivity contribution in [1.29, 1.82) is 0 Å². The van der Waals surface area contributed by atoms with E-state index in [4.69, 9.17) is 0 Å². The van der Waals surface area contributed by atoms with E-state index in [0.717, 1.165) is 58.3 Å². The molecule has 0 amide bonds. The quantitative estimate of drug-likeness (QED) is 0.847. The molecule has 0 atom stereocenters. The van der Waals surface area contributed by atoms with Crippen LogP contribution >= 0.6 is 0 Å². The van der Waals surface area contributed by atoms with E-state index in [2.05, 4.69) is 19.2 Å². The number of hydrogen-bond donors (Lipinski definition) is 1. The van der Waals surface area contributed by atoms with Gasteiger partial charge in [-0.25, -0.2) is 12.7 Å². The van der Waals surface area contributed by atoms with Crippen molar-refractivity contribution < 1.29 is 8.42 Å². The maximum atomic E-state index is 12.6. The summed E-state index contributed by atoms with van der Waals surface area (Å²) < 4.78 is 27.0. The third-order valence-corrected chi connectivity index (χ3v) is 7.32. The average molecular weight is 274 g/mol. The zero-order valence-electron chi connectivity index (χ0n) is 11.6. The minimum atomic E-state index is -3.06. The third kappa shape index (κ3) is 2.58. The second-order valence-electron chi connectivity index (χ2n) is 5.78. The van der Waals surface area contributed by atoms with Crippen LogP contribution in [-0.2, 0) is 10.0 Å². The fourth-order valence-corrected chi connectivity index (χ4v) is 5.30. The second kappa shape index (κ2) is 5.47. The Bertz CT molecular complexity index is 370. The molecule has 0 aromatic carbocycles. The molecule has 1 N–H and O–H groups in total. The van der Waals surface area contributed by atoms with Gasteiger partial charge >= 0.3 is 0 Å². The summed E-state index contributed by atoms with van der Waals surface area (Å²) in [4.78, 5) is 0. The first-order valence-electron chi connectivity index (χ1n) is 7.24. The molecule has 106 valence electrons. The topological polar surface area (TPSA) is 49.4 Å². The maximum absolute atomic E-state index is 12.6. The number of hydrogen-bond acceptors (Lipinski definition) is 3. The molecule has 0 aromatic heterocycles. The molecule has 4 nitrogen and oxygen atoms in total. The highest BCUT2D eigenvalue weighted by Gasteiger charge is 2.42. The Morgan fingerprint density at radius 1 is 1.22 bits per heavy atom. The molecule has 5 heteroatoms. The minimum absolute atomic E-state index is 0.150. The largest absolute Gasteiger partial charge is 0.317 e. The Labute approximate surface area is 111 Å². The van der Waals surface area contributed by atoms with Gasteiger partial charge in [0.1, 0.15) is 0 Å². The summed E-state index contributed by atoms with van der Waals surface area (Å²) in [6, 6.07) is 0. The first-order chi connectivity index (χ1) is 8.54. The van der Waals surface area contributed by atoms with E-state index < -0.39 is 10.0 Å². The summed E-state index contributed by atoms with van der Waals surface area (Å²) >= 11 is 0. The Morgan fingerprint density at radius 2 is 1.83 bits per heavy atom. The smallest absolute Gasteiger partial charge is 0.217 e. The molecule has 0 radical (unpaired) electrons. The van der Waals surface area contributed by atoms with Gasteiger partial charge in [0.25, 0.3) is 0 Å². The van der Waals surface area contributed by atoms with Crippen LogP contribution in [0.5, 0.6) is 0 Å². The van der Waals surface area contributed by atoms with Gasteiger partial charge in [0.05, 0.1) is 5.25 Å². The summed E-state index contributed by atoms with van der Waals surface area (Å²) in [5, 5.41) is 3.08. The van der Waals surface area contributed by atoms with Gasteiger partial charge in [-0.15, -0.1) is 0 Å². The first-order valence-corrected chi connectivity index (χ1v) is 8.74. The lowest BCUT2D eigenvalue weighted by atomic mass is 9.82. The van der Waals surface area contributed by atoms with Crippen LogP contribution in [0.25, 0.3) is 0 Å². The Balaban J connectivity index is 2.07. The maximum Gasteiger partial charge on any atom is 0.217 e. The minimum Gasteiger partial charge on any atom is -0.317 e. The number of piperidine rings is 1. The highest BCUT2D eigenvalue weighted by atomic mass is 32.2. The van der Waals surface area contributed by atoms with E-state index in [1.807, 2.05) is 0 Å². The Hall–Kier alpha value is -0.130. The summed E-state index contributed by atoms with van der Waals surface area (Å²) in [6.45, 7) is 7.52. The molecule has 0 saturated carbocycles. The standard InChI is InChI=1S/C13H26N2O2S/c1-3-13(4-2)7-10-15(11-13)18(16,17)12-5-8-14-9-6-12/h12,14H,3-11H2,1-2H3. The van der Waals surface area contributed by atoms with Gasteiger partial charge in [0.15, 0.2) is 0 Å². The molecule has 0 unspecified atom stereocenters. The van der Waals surface area contributed by atoms with Gasteiger partial charge in [-0.2, -0.15) is 0 Å². The zero-order valence-corrected chi connectivity index (χ0v) is 12.4. The van der Waals surface area contributed by atoms with Crippen molar-refractivity contribution >= 4 is 10.0 Å². The lowest BCUT2D eigenvalue weighted by Gasteiger charge is -2.30. The molecular weight excluding hydrogens is 248 g/mol. The number of sulfonamides is 1. The van der Waals surface area contributed by atoms with Crippen LogP contribution in [0.3, 0.4) is 0 Å². The summed E-state index contributed by atoms with van der Waals surface area (Å²) in [5.74, 6) is 0.